The zero-order chi connectivity index (χ0) is 34.9. The van der Waals surface area contributed by atoms with Crippen molar-refractivity contribution in [2.24, 2.45) is 5.73 Å². The number of amidine groups is 1. The Kier molecular flexibility index (Phi) is 12.1. The number of alkyl halides is 3. The molecule has 0 saturated heterocycles. The molecule has 0 spiro atoms. The van der Waals surface area contributed by atoms with Crippen LogP contribution in [0.2, 0.25) is 0 Å². The van der Waals surface area contributed by atoms with Gasteiger partial charge in [-0.3, -0.25) is 15.0 Å². The fourth-order valence-electron chi connectivity index (χ4n) is 4.04. The number of carbonyl (C=O) groups is 4. The van der Waals surface area contributed by atoms with Crippen LogP contribution < -0.4 is 20.7 Å². The number of carboxylic acids is 2. The van der Waals surface area contributed by atoms with E-state index in [0.717, 1.165) is 17.3 Å². The van der Waals surface area contributed by atoms with Gasteiger partial charge in [0.1, 0.15) is 18.4 Å². The summed E-state index contributed by atoms with van der Waals surface area (Å²) >= 11 is 1.13. The number of halogens is 3. The Hall–Kier alpha value is -4.94. The molecule has 47 heavy (non-hydrogen) atoms. The number of aliphatic carboxylic acids is 1. The van der Waals surface area contributed by atoms with Crippen LogP contribution in [-0.2, 0) is 36.7 Å². The predicted molar refractivity (Wildman–Crippen MR) is 165 cm³/mol. The Morgan fingerprint density at radius 2 is 1.57 bits per heavy atom. The van der Waals surface area contributed by atoms with Crippen LogP contribution in [0.4, 0.5) is 18.9 Å². The Labute approximate surface area is 270 Å². The second-order valence-corrected chi connectivity index (χ2v) is 12.6. The summed E-state index contributed by atoms with van der Waals surface area (Å²) in [5.74, 6) is -5.45. The zero-order valence-corrected chi connectivity index (χ0v) is 25.8. The zero-order valence-electron chi connectivity index (χ0n) is 24.2. The van der Waals surface area contributed by atoms with E-state index in [-0.39, 0.29) is 29.4 Å². The van der Waals surface area contributed by atoms with E-state index >= 15 is 0 Å². The number of sulfonamides is 1. The average molecular weight is 696 g/mol. The number of nitrogens with one attached hydrogen (secondary N) is 3. The molecule has 0 radical (unpaired) electrons. The summed E-state index contributed by atoms with van der Waals surface area (Å²) in [5.41, 5.74) is 7.61. The van der Waals surface area contributed by atoms with Crippen LogP contribution in [0.5, 0.6) is 0 Å². The normalized spacial score (nSPS) is 14.6. The summed E-state index contributed by atoms with van der Waals surface area (Å²) in [7, 11) is -3.93. The van der Waals surface area contributed by atoms with Gasteiger partial charge in [0.25, 0.3) is 0 Å². The highest BCUT2D eigenvalue weighted by molar-refractivity contribution is 7.99. The Balaban J connectivity index is 0.000000771. The predicted octanol–water partition coefficient (Wildman–Crippen LogP) is 2.55. The first-order chi connectivity index (χ1) is 22.0. The summed E-state index contributed by atoms with van der Waals surface area (Å²) in [6.45, 7) is -0.271. The number of aromatic carboxylic acids is 1. The van der Waals surface area contributed by atoms with E-state index < -0.39 is 52.5 Å². The summed E-state index contributed by atoms with van der Waals surface area (Å²) in [4.78, 5) is 48.6. The van der Waals surface area contributed by atoms with E-state index in [0.29, 0.717) is 21.7 Å². The number of fused-ring (bicyclic) bond motifs is 1. The number of hydrogen-bond acceptors (Lipinski definition) is 8. The van der Waals surface area contributed by atoms with Gasteiger partial charge in [0.15, 0.2) is 0 Å². The third kappa shape index (κ3) is 10.8. The minimum atomic E-state index is -5.08. The number of nitrogens with zero attached hydrogens (tertiary/aromatic N) is 1. The van der Waals surface area contributed by atoms with Gasteiger partial charge in [0.05, 0.1) is 17.0 Å². The molecule has 0 saturated carbocycles. The number of carbonyl (C=O) groups excluding carboxylic acids is 2. The van der Waals surface area contributed by atoms with Gasteiger partial charge in [-0.05, 0) is 29.3 Å². The van der Waals surface area contributed by atoms with Gasteiger partial charge in [-0.2, -0.15) is 13.2 Å². The first-order valence-corrected chi connectivity index (χ1v) is 16.0. The molecule has 0 unspecified atom stereocenters. The molecule has 7 N–H and O–H groups in total. The van der Waals surface area contributed by atoms with Crippen molar-refractivity contribution < 1.29 is 51.0 Å². The largest absolute Gasteiger partial charge is 0.490 e. The maximum atomic E-state index is 13.6. The topological polar surface area (TPSA) is 220 Å². The van der Waals surface area contributed by atoms with Crippen LogP contribution in [0, 0.1) is 5.41 Å². The van der Waals surface area contributed by atoms with Gasteiger partial charge in [-0.25, -0.2) is 22.7 Å². The molecule has 1 aliphatic heterocycles. The van der Waals surface area contributed by atoms with Gasteiger partial charge in [0, 0.05) is 22.8 Å². The number of nitrogen functional groups attached to an aromatic ring is 1. The SMILES string of the molecule is N=C(N)c1ccc(CNC(=O)CN2C(=O)[C@H](NS(=O)(=O)Cc3ccccc3)CSc3cc(C(=O)O)ccc32)cc1.O=C(O)C(F)(F)F. The van der Waals surface area contributed by atoms with Crippen LogP contribution in [0.3, 0.4) is 0 Å². The lowest BCUT2D eigenvalue weighted by atomic mass is 10.1. The van der Waals surface area contributed by atoms with Crippen molar-refractivity contribution in [3.05, 3.63) is 95.1 Å². The van der Waals surface area contributed by atoms with Crippen LogP contribution in [0.25, 0.3) is 0 Å². The lowest BCUT2D eigenvalue weighted by Crippen LogP contribution is -2.51. The minimum absolute atomic E-state index is 0.000201. The molecule has 1 heterocycles. The third-order valence-electron chi connectivity index (χ3n) is 6.29. The van der Waals surface area contributed by atoms with E-state index in [1.807, 2.05) is 0 Å². The second kappa shape index (κ2) is 15.6. The molecule has 1 aliphatic rings. The van der Waals surface area contributed by atoms with E-state index in [4.69, 9.17) is 21.0 Å². The fourth-order valence-corrected chi connectivity index (χ4v) is 6.59. The first-order valence-electron chi connectivity index (χ1n) is 13.3. The number of rotatable bonds is 10. The van der Waals surface area contributed by atoms with Gasteiger partial charge in [-0.1, -0.05) is 54.6 Å². The fraction of sp³-hybridized carbons (Fsp3) is 0.207. The van der Waals surface area contributed by atoms with Gasteiger partial charge in [-0.15, -0.1) is 11.8 Å². The number of benzene rings is 3. The standard InChI is InChI=1S/C27H27N5O6S2.C2HF3O2/c28-25(29)19-8-6-17(7-9-19)13-30-24(33)14-32-22-11-10-20(27(35)36)12-23(22)39-15-21(26(32)34)31-40(37,38)16-18-4-2-1-3-5-18;3-2(4,5)1(6)7/h1-12,21,31H,13-16H2,(H3,28,29)(H,30,33)(H,35,36);(H,6,7)/t21-;/m1./s1. The highest BCUT2D eigenvalue weighted by atomic mass is 32.2. The Bertz CT molecular complexity index is 1760. The van der Waals surface area contributed by atoms with Crippen molar-refractivity contribution in [2.75, 3.05) is 17.2 Å². The van der Waals surface area contributed by atoms with Crippen LogP contribution >= 0.6 is 11.8 Å². The van der Waals surface area contributed by atoms with E-state index in [2.05, 4.69) is 10.0 Å². The van der Waals surface area contributed by atoms with Gasteiger partial charge in [0.2, 0.25) is 21.8 Å². The lowest BCUT2D eigenvalue weighted by molar-refractivity contribution is -0.192. The smallest absolute Gasteiger partial charge is 0.478 e. The van der Waals surface area contributed by atoms with Crippen molar-refractivity contribution in [3.8, 4) is 0 Å². The summed E-state index contributed by atoms with van der Waals surface area (Å²) in [6, 6.07) is 18.2. The molecule has 1 atom stereocenters. The van der Waals surface area contributed by atoms with Crippen molar-refractivity contribution in [2.45, 2.75) is 29.4 Å². The maximum Gasteiger partial charge on any atom is 0.490 e. The number of hydrogen-bond donors (Lipinski definition) is 6. The first kappa shape index (κ1) is 36.5. The summed E-state index contributed by atoms with van der Waals surface area (Å²) in [5, 5.41) is 26.8. The highest BCUT2D eigenvalue weighted by Crippen LogP contribution is 2.35. The molecular formula is C29H28F3N5O8S2. The maximum absolute atomic E-state index is 13.6. The number of amides is 2. The molecule has 13 nitrogen and oxygen atoms in total. The molecule has 0 aliphatic carbocycles. The van der Waals surface area contributed by atoms with Gasteiger partial charge >= 0.3 is 18.1 Å². The molecule has 3 aromatic carbocycles. The number of nitrogens with two attached hydrogens (primary N) is 1. The average Bonchev–Trinajstić information content (AvgIpc) is 3.12. The van der Waals surface area contributed by atoms with Crippen molar-refractivity contribution in [1.29, 1.82) is 5.41 Å². The molecule has 3 aromatic rings. The quantitative estimate of drug-likeness (QED) is 0.134. The molecular weight excluding hydrogens is 667 g/mol. The molecule has 0 fully saturated rings. The monoisotopic (exact) mass is 695 g/mol. The minimum Gasteiger partial charge on any atom is -0.478 e. The van der Waals surface area contributed by atoms with E-state index in [9.17, 15) is 41.1 Å². The van der Waals surface area contributed by atoms with E-state index in [1.54, 1.807) is 54.6 Å². The Morgan fingerprint density at radius 3 is 2.13 bits per heavy atom. The summed E-state index contributed by atoms with van der Waals surface area (Å²) in [6.07, 6.45) is -5.08. The molecule has 4 rings (SSSR count). The van der Waals surface area contributed by atoms with Crippen molar-refractivity contribution in [3.63, 3.8) is 0 Å². The third-order valence-corrected chi connectivity index (χ3v) is 8.78. The van der Waals surface area contributed by atoms with Crippen LogP contribution in [0.1, 0.15) is 27.0 Å². The lowest BCUT2D eigenvalue weighted by Gasteiger charge is -2.25. The Morgan fingerprint density at radius 1 is 0.979 bits per heavy atom. The molecule has 0 aromatic heterocycles. The van der Waals surface area contributed by atoms with Crippen LogP contribution in [-0.4, -0.2) is 72.7 Å². The van der Waals surface area contributed by atoms with Crippen molar-refractivity contribution >= 4 is 57.1 Å². The number of anilines is 1. The molecule has 18 heteroatoms. The van der Waals surface area contributed by atoms with Gasteiger partial charge < -0.3 is 26.2 Å². The van der Waals surface area contributed by atoms with Crippen molar-refractivity contribution in [1.82, 2.24) is 10.0 Å². The molecule has 2 amide bonds. The number of carboxylic acid groups (broad SMARTS) is 2. The number of thioether (sulfide) groups is 1. The summed E-state index contributed by atoms with van der Waals surface area (Å²) < 4.78 is 60.1. The molecule has 250 valence electrons. The highest BCUT2D eigenvalue weighted by Gasteiger charge is 2.38. The second-order valence-electron chi connectivity index (χ2n) is 9.83. The molecule has 0 bridgehead atoms. The van der Waals surface area contributed by atoms with Crippen LogP contribution in [0.15, 0.2) is 77.7 Å². The van der Waals surface area contributed by atoms with E-state index in [1.165, 1.54) is 23.1 Å².